The van der Waals surface area contributed by atoms with Gasteiger partial charge in [0.2, 0.25) is 11.4 Å². The molecule has 0 N–H and O–H groups in total. The number of rotatable bonds is 72. The van der Waals surface area contributed by atoms with E-state index in [1.807, 2.05) is 14.4 Å². The van der Waals surface area contributed by atoms with Crippen LogP contribution in [0.1, 0.15) is 512 Å². The molecule has 3 rings (SSSR count). The monoisotopic (exact) mass is 1410 g/mol. The van der Waals surface area contributed by atoms with Gasteiger partial charge in [0, 0.05) is 22.3 Å². The molecule has 0 aromatic heterocycles. The first-order chi connectivity index (χ1) is 48.8. The summed E-state index contributed by atoms with van der Waals surface area (Å²) in [7, 11) is 0. The second-order valence-corrected chi connectivity index (χ2v) is 33.1. The van der Waals surface area contributed by atoms with E-state index >= 15 is 0 Å². The van der Waals surface area contributed by atoms with Crippen LogP contribution in [-0.2, 0) is 53.0 Å². The van der Waals surface area contributed by atoms with Gasteiger partial charge < -0.3 is 5.53 Å². The summed E-state index contributed by atoms with van der Waals surface area (Å²) >= 11 is 2.04. The molecular formula is C96H174N2Ni. The summed E-state index contributed by atoms with van der Waals surface area (Å²) in [4.78, 5) is 0. The third-order valence-corrected chi connectivity index (χ3v) is 23.6. The predicted molar refractivity (Wildman–Crippen MR) is 445 cm³/mol. The van der Waals surface area contributed by atoms with Gasteiger partial charge in [-0.25, -0.2) is 4.70 Å². The first-order valence-electron chi connectivity index (χ1n) is 45.6. The standard InChI is InChI=1S/C68H116N2.2C14H29.Ni/c1-9-17-22-26-27-28-29-30-31-32-33-34-35-36-37-38-39-44-52-66-65(51-40-21-13-5)68(70(69)67(66)61-53-57(45-14-6)63(47-16-8)58(54-61)46-15-7)62-55-59(48-41-23-18-10-2)64(50-43-25-20-12-4)60(56-62)49-42-24-19-11-3;2*1-3-5-7-9-11-13-14-12-10-8-6-4-2;/h53-56H,9-52H2,1-8H3;2*1,3-14H2,2H3;. The van der Waals surface area contributed by atoms with Gasteiger partial charge in [0.05, 0.1) is 0 Å². The quantitative estimate of drug-likeness (QED) is 0.0358. The molecule has 0 radical (unpaired) electrons. The molecule has 1 heterocycles. The maximum atomic E-state index is 13.2. The van der Waals surface area contributed by atoms with Crippen LogP contribution in [0.25, 0.3) is 16.9 Å². The van der Waals surface area contributed by atoms with Crippen molar-refractivity contribution >= 4 is 11.4 Å². The summed E-state index contributed by atoms with van der Waals surface area (Å²) in [5.41, 5.74) is 30.4. The molecule has 1 aliphatic rings. The third kappa shape index (κ3) is 45.9. The van der Waals surface area contributed by atoms with Crippen LogP contribution in [-0.4, -0.2) is 4.70 Å². The van der Waals surface area contributed by atoms with Crippen LogP contribution in [0.4, 0.5) is 0 Å². The molecule has 2 aromatic rings. The first-order valence-corrected chi connectivity index (χ1v) is 47.0. The summed E-state index contributed by atoms with van der Waals surface area (Å²) in [5.74, 6) is 0. The molecule has 0 fully saturated rings. The van der Waals surface area contributed by atoms with Gasteiger partial charge in [-0.15, -0.1) is 0 Å². The predicted octanol–water partition coefficient (Wildman–Crippen LogP) is 34.4. The van der Waals surface area contributed by atoms with Crippen molar-refractivity contribution in [2.24, 2.45) is 0 Å². The first kappa shape index (κ1) is 93.1. The van der Waals surface area contributed by atoms with Crippen LogP contribution in [0, 0.1) is 0 Å². The van der Waals surface area contributed by atoms with Crippen molar-refractivity contribution in [3.8, 4) is 0 Å². The Labute approximate surface area is 628 Å². The molecule has 2 aromatic carbocycles. The van der Waals surface area contributed by atoms with Gasteiger partial charge >= 0.3 is 166 Å². The van der Waals surface area contributed by atoms with Gasteiger partial charge in [-0.05, 0) is 141 Å². The molecule has 1 aliphatic heterocycles. The molecule has 2 nitrogen and oxygen atoms in total. The zero-order valence-electron chi connectivity index (χ0n) is 69.0. The Morgan fingerprint density at radius 2 is 0.414 bits per heavy atom. The average Bonchev–Trinajstić information content (AvgIpc) is 1.61. The molecule has 0 saturated heterocycles. The van der Waals surface area contributed by atoms with Crippen LogP contribution in [0.2, 0.25) is 10.8 Å². The smallest absolute Gasteiger partial charge is 0.0654 e. The average molecular weight is 1420 g/mol. The summed E-state index contributed by atoms with van der Waals surface area (Å²) in [6, 6.07) is 10.3. The fourth-order valence-electron chi connectivity index (χ4n) is 16.0. The van der Waals surface area contributed by atoms with E-state index in [0.29, 0.717) is 0 Å². The fourth-order valence-corrected chi connectivity index (χ4v) is 17.3. The summed E-state index contributed by atoms with van der Waals surface area (Å²) in [5, 5.41) is 2.87. The van der Waals surface area contributed by atoms with E-state index in [1.165, 1.54) is 423 Å². The number of hydrogen-bond acceptors (Lipinski definition) is 0. The molecule has 0 saturated carbocycles. The molecule has 0 spiro atoms. The third-order valence-electron chi connectivity index (χ3n) is 22.2. The van der Waals surface area contributed by atoms with Gasteiger partial charge in [-0.2, -0.15) is 0 Å². The number of allylic oxidation sites excluding steroid dienone is 2. The molecule has 0 amide bonds. The number of benzene rings is 2. The molecule has 99 heavy (non-hydrogen) atoms. The van der Waals surface area contributed by atoms with Crippen LogP contribution in [0.15, 0.2) is 35.4 Å². The molecular weight excluding hydrogens is 1240 g/mol. The molecule has 3 heteroatoms. The van der Waals surface area contributed by atoms with Gasteiger partial charge in [0.1, 0.15) is 0 Å². The second kappa shape index (κ2) is 69.1. The Kier molecular flexibility index (Phi) is 65.0. The summed E-state index contributed by atoms with van der Waals surface area (Å²) in [6.45, 7) is 23.3. The summed E-state index contributed by atoms with van der Waals surface area (Å²) in [6.07, 6.45) is 92.1. The van der Waals surface area contributed by atoms with Crippen molar-refractivity contribution in [2.45, 2.75) is 517 Å². The van der Waals surface area contributed by atoms with Crippen LogP contribution >= 0.6 is 0 Å². The van der Waals surface area contributed by atoms with Crippen LogP contribution in [0.3, 0.4) is 0 Å². The Morgan fingerprint density at radius 1 is 0.212 bits per heavy atom. The van der Waals surface area contributed by atoms with Crippen molar-refractivity contribution in [3.63, 3.8) is 0 Å². The maximum absolute atomic E-state index is 13.2. The van der Waals surface area contributed by atoms with Gasteiger partial charge in [-0.3, -0.25) is 0 Å². The van der Waals surface area contributed by atoms with E-state index in [1.54, 1.807) is 27.0 Å². The second-order valence-electron chi connectivity index (χ2n) is 31.7. The van der Waals surface area contributed by atoms with Crippen molar-refractivity contribution < 1.29 is 19.1 Å². The van der Waals surface area contributed by atoms with Crippen molar-refractivity contribution in [1.29, 1.82) is 0 Å². The molecule has 0 bridgehead atoms. The minimum absolute atomic E-state index is 1.05. The minimum atomic E-state index is 1.05. The SMILES string of the molecule is CCCCCCCCCCCCCCCCCCCCC1=C(c2cc(CCC)c(CCC)c(CCC)c2)[N+](=[N-])C(c2cc(CCCCCC)c(CCCCCC)c(CCCCCC)c2)=C1CCCCC.CCCCCCCCCCCCC[CH2][Ni][CH2]CCCCCCCCCCCCC. The van der Waals surface area contributed by atoms with E-state index < -0.39 is 0 Å². The Morgan fingerprint density at radius 3 is 0.697 bits per heavy atom. The van der Waals surface area contributed by atoms with Crippen LogP contribution in [0.5, 0.6) is 0 Å². The van der Waals surface area contributed by atoms with Crippen molar-refractivity contribution in [2.75, 3.05) is 0 Å². The van der Waals surface area contributed by atoms with Crippen LogP contribution < -0.4 is 0 Å². The topological polar surface area (TPSA) is 25.3 Å². The zero-order chi connectivity index (χ0) is 71.5. The van der Waals surface area contributed by atoms with Crippen molar-refractivity contribution in [1.82, 2.24) is 0 Å². The Balaban J connectivity index is 0.000000961. The zero-order valence-corrected chi connectivity index (χ0v) is 70.0. The number of unbranched alkanes of at least 4 members (excludes halogenated alkanes) is 50. The molecule has 0 atom stereocenters. The Bertz CT molecular complexity index is 2120. The molecule has 0 aliphatic carbocycles. The van der Waals surface area contributed by atoms with E-state index in [0.717, 1.165) is 69.2 Å². The number of aryl methyl sites for hydroxylation is 4. The van der Waals surface area contributed by atoms with Gasteiger partial charge in [0.25, 0.3) is 0 Å². The van der Waals surface area contributed by atoms with Crippen molar-refractivity contribution in [3.05, 3.63) is 85.5 Å². The Hall–Kier alpha value is -1.99. The van der Waals surface area contributed by atoms with E-state index in [2.05, 4.69) is 93.5 Å². The molecule has 578 valence electrons. The summed E-state index contributed by atoms with van der Waals surface area (Å²) < 4.78 is 1.77. The normalized spacial score (nSPS) is 12.6. The van der Waals surface area contributed by atoms with E-state index in [4.69, 9.17) is 0 Å². The van der Waals surface area contributed by atoms with E-state index in [-0.39, 0.29) is 0 Å². The number of hydrogen-bond donors (Lipinski definition) is 0. The van der Waals surface area contributed by atoms with E-state index in [9.17, 15) is 5.53 Å². The van der Waals surface area contributed by atoms with Gasteiger partial charge in [-0.1, -0.05) is 281 Å². The fraction of sp³-hybridized carbons (Fsp3) is 0.833. The van der Waals surface area contributed by atoms with Gasteiger partial charge in [0.15, 0.2) is 0 Å². The minimum Gasteiger partial charge on any atom is -0.0654 e. The number of nitrogens with zero attached hydrogens (tertiary/aromatic N) is 2. The molecule has 0 unspecified atom stereocenters.